The summed E-state index contributed by atoms with van der Waals surface area (Å²) < 4.78 is 27.4. The van der Waals surface area contributed by atoms with Crippen molar-refractivity contribution >= 4 is 33.0 Å². The van der Waals surface area contributed by atoms with Crippen LogP contribution >= 0.6 is 22.9 Å². The summed E-state index contributed by atoms with van der Waals surface area (Å²) in [6.07, 6.45) is 2.46. The van der Waals surface area contributed by atoms with Crippen molar-refractivity contribution in [3.63, 3.8) is 0 Å². The number of sulfonamides is 1. The van der Waals surface area contributed by atoms with Gasteiger partial charge >= 0.3 is 0 Å². The van der Waals surface area contributed by atoms with Crippen molar-refractivity contribution in [2.75, 3.05) is 6.54 Å². The number of piperidine rings is 1. The first-order valence-corrected chi connectivity index (χ1v) is 9.05. The van der Waals surface area contributed by atoms with E-state index in [1.165, 1.54) is 10.4 Å². The van der Waals surface area contributed by atoms with Gasteiger partial charge in [0.2, 0.25) is 0 Å². The Balaban J connectivity index is 2.31. The van der Waals surface area contributed by atoms with Crippen LogP contribution in [0.4, 0.5) is 0 Å². The molecule has 2 atom stereocenters. The van der Waals surface area contributed by atoms with Crippen molar-refractivity contribution in [2.24, 2.45) is 0 Å². The third-order valence-electron chi connectivity index (χ3n) is 3.47. The maximum absolute atomic E-state index is 12.6. The van der Waals surface area contributed by atoms with Crippen molar-refractivity contribution in [2.45, 2.75) is 49.0 Å². The lowest BCUT2D eigenvalue weighted by Crippen LogP contribution is -2.49. The minimum absolute atomic E-state index is 0.257. The summed E-state index contributed by atoms with van der Waals surface area (Å²) >= 11 is 6.88. The molecule has 0 aromatic carbocycles. The van der Waals surface area contributed by atoms with Gasteiger partial charge < -0.3 is 5.11 Å². The molecule has 0 aliphatic carbocycles. The first kappa shape index (κ1) is 15.3. The highest BCUT2D eigenvalue weighted by molar-refractivity contribution is 7.91. The molecule has 0 bridgehead atoms. The lowest BCUT2D eigenvalue weighted by atomic mass is 9.98. The van der Waals surface area contributed by atoms with Crippen molar-refractivity contribution in [1.82, 2.24) is 4.31 Å². The molecule has 2 heterocycles. The predicted molar refractivity (Wildman–Crippen MR) is 77.2 cm³/mol. The van der Waals surface area contributed by atoms with Crippen LogP contribution in [0.3, 0.4) is 0 Å². The number of aliphatic hydroxyl groups excluding tert-OH is 1. The molecule has 1 aromatic rings. The Labute approximate surface area is 123 Å². The average Bonchev–Trinajstić information content (AvgIpc) is 2.85. The zero-order valence-electron chi connectivity index (χ0n) is 10.8. The fourth-order valence-corrected chi connectivity index (χ4v) is 5.77. The van der Waals surface area contributed by atoms with Crippen molar-refractivity contribution in [1.29, 1.82) is 0 Å². The molecule has 1 fully saturated rings. The molecule has 1 aromatic heterocycles. The maximum atomic E-state index is 12.6. The van der Waals surface area contributed by atoms with Crippen LogP contribution in [-0.2, 0) is 10.0 Å². The van der Waals surface area contributed by atoms with Gasteiger partial charge in [0, 0.05) is 6.54 Å². The Kier molecular flexibility index (Phi) is 4.89. The van der Waals surface area contributed by atoms with E-state index < -0.39 is 16.1 Å². The molecular weight excluding hydrogens is 306 g/mol. The number of rotatable bonds is 4. The molecule has 1 aliphatic rings. The molecule has 4 nitrogen and oxygen atoms in total. The van der Waals surface area contributed by atoms with E-state index in [4.69, 9.17) is 11.6 Å². The van der Waals surface area contributed by atoms with E-state index in [1.54, 1.807) is 6.07 Å². The quantitative estimate of drug-likeness (QED) is 0.927. The summed E-state index contributed by atoms with van der Waals surface area (Å²) in [6.45, 7) is 2.34. The molecule has 1 aliphatic heterocycles. The van der Waals surface area contributed by atoms with Gasteiger partial charge in [-0.3, -0.25) is 0 Å². The Morgan fingerprint density at radius 1 is 1.53 bits per heavy atom. The highest BCUT2D eigenvalue weighted by Crippen LogP contribution is 2.32. The van der Waals surface area contributed by atoms with Gasteiger partial charge in [-0.25, -0.2) is 8.42 Å². The van der Waals surface area contributed by atoms with Crippen LogP contribution in [0.5, 0.6) is 0 Å². The number of aliphatic hydroxyl groups is 1. The number of thiophene rings is 1. The zero-order chi connectivity index (χ0) is 14.0. The second-order valence-electron chi connectivity index (χ2n) is 4.71. The van der Waals surface area contributed by atoms with E-state index in [0.29, 0.717) is 23.7 Å². The Morgan fingerprint density at radius 2 is 2.26 bits per heavy atom. The molecule has 0 saturated carbocycles. The lowest BCUT2D eigenvalue weighted by molar-refractivity contribution is 0.0668. The molecule has 0 spiro atoms. The van der Waals surface area contributed by atoms with E-state index in [9.17, 15) is 13.5 Å². The Bertz CT molecular complexity index is 529. The van der Waals surface area contributed by atoms with E-state index in [-0.39, 0.29) is 10.3 Å². The fourth-order valence-electron chi connectivity index (χ4n) is 2.44. The molecule has 19 heavy (non-hydrogen) atoms. The van der Waals surface area contributed by atoms with Gasteiger partial charge in [0.1, 0.15) is 4.21 Å². The first-order chi connectivity index (χ1) is 8.96. The van der Waals surface area contributed by atoms with Crippen molar-refractivity contribution in [3.05, 3.63) is 16.5 Å². The van der Waals surface area contributed by atoms with Gasteiger partial charge in [-0.2, -0.15) is 4.31 Å². The number of hydrogen-bond acceptors (Lipinski definition) is 4. The molecule has 2 rings (SSSR count). The third kappa shape index (κ3) is 3.13. The number of halogens is 1. The van der Waals surface area contributed by atoms with Gasteiger partial charge in [0.05, 0.1) is 16.5 Å². The van der Waals surface area contributed by atoms with Gasteiger partial charge in [-0.05, 0) is 31.4 Å². The summed E-state index contributed by atoms with van der Waals surface area (Å²) in [7, 11) is -3.54. The van der Waals surface area contributed by atoms with Gasteiger partial charge in [-0.1, -0.05) is 24.9 Å². The van der Waals surface area contributed by atoms with E-state index in [2.05, 4.69) is 0 Å². The smallest absolute Gasteiger partial charge is 0.252 e. The van der Waals surface area contributed by atoms with Crippen LogP contribution in [0.2, 0.25) is 4.34 Å². The summed E-state index contributed by atoms with van der Waals surface area (Å²) in [5, 5.41) is 10.0. The van der Waals surface area contributed by atoms with E-state index in [0.717, 1.165) is 24.2 Å². The molecule has 108 valence electrons. The second kappa shape index (κ2) is 6.10. The minimum Gasteiger partial charge on any atom is -0.391 e. The predicted octanol–water partition coefficient (Wildman–Crippen LogP) is 2.72. The van der Waals surface area contributed by atoms with E-state index in [1.807, 2.05) is 6.92 Å². The largest absolute Gasteiger partial charge is 0.391 e. The van der Waals surface area contributed by atoms with Crippen LogP contribution < -0.4 is 0 Å². The summed E-state index contributed by atoms with van der Waals surface area (Å²) in [5.74, 6) is 0. The molecular formula is C12H18ClNO3S2. The Hall–Kier alpha value is -0.140. The molecule has 1 saturated heterocycles. The fraction of sp³-hybridized carbons (Fsp3) is 0.667. The van der Waals surface area contributed by atoms with E-state index >= 15 is 0 Å². The molecule has 2 unspecified atom stereocenters. The SMILES string of the molecule is CCC(O)C1CCCCN1S(=O)(=O)c1ccc(Cl)s1. The highest BCUT2D eigenvalue weighted by atomic mass is 35.5. The number of hydrogen-bond donors (Lipinski definition) is 1. The van der Waals surface area contributed by atoms with Gasteiger partial charge in [0.15, 0.2) is 0 Å². The van der Waals surface area contributed by atoms with Gasteiger partial charge in [0.25, 0.3) is 10.0 Å². The van der Waals surface area contributed by atoms with Crippen LogP contribution in [0.25, 0.3) is 0 Å². The molecule has 1 N–H and O–H groups in total. The highest BCUT2D eigenvalue weighted by Gasteiger charge is 2.37. The number of nitrogens with zero attached hydrogens (tertiary/aromatic N) is 1. The second-order valence-corrected chi connectivity index (χ2v) is 8.55. The normalized spacial score (nSPS) is 23.4. The van der Waals surface area contributed by atoms with Gasteiger partial charge in [-0.15, -0.1) is 11.3 Å². The minimum atomic E-state index is -3.54. The summed E-state index contributed by atoms with van der Waals surface area (Å²) in [6, 6.07) is 2.81. The standard InChI is InChI=1S/C12H18ClNO3S2/c1-2-10(15)9-5-3-4-8-14(9)19(16,17)12-7-6-11(13)18-12/h6-7,9-10,15H,2-5,8H2,1H3. The lowest BCUT2D eigenvalue weighted by Gasteiger charge is -2.36. The van der Waals surface area contributed by atoms with Crippen LogP contribution in [0.1, 0.15) is 32.6 Å². The maximum Gasteiger partial charge on any atom is 0.252 e. The van der Waals surface area contributed by atoms with Crippen molar-refractivity contribution in [3.8, 4) is 0 Å². The topological polar surface area (TPSA) is 57.6 Å². The monoisotopic (exact) mass is 323 g/mol. The first-order valence-electron chi connectivity index (χ1n) is 6.42. The van der Waals surface area contributed by atoms with Crippen molar-refractivity contribution < 1.29 is 13.5 Å². The third-order valence-corrected chi connectivity index (χ3v) is 7.10. The molecule has 0 radical (unpaired) electrons. The van der Waals surface area contributed by atoms with Crippen LogP contribution in [0, 0.1) is 0 Å². The zero-order valence-corrected chi connectivity index (χ0v) is 13.1. The molecule has 0 amide bonds. The van der Waals surface area contributed by atoms with Crippen LogP contribution in [-0.4, -0.2) is 36.5 Å². The Morgan fingerprint density at radius 3 is 2.84 bits per heavy atom. The van der Waals surface area contributed by atoms with Crippen LogP contribution in [0.15, 0.2) is 16.3 Å². The summed E-state index contributed by atoms with van der Waals surface area (Å²) in [5.41, 5.74) is 0. The average molecular weight is 324 g/mol. The molecule has 7 heteroatoms. The summed E-state index contributed by atoms with van der Waals surface area (Å²) in [4.78, 5) is 0.